The van der Waals surface area contributed by atoms with Crippen molar-refractivity contribution in [2.24, 2.45) is 5.73 Å². The normalized spacial score (nSPS) is 11.8. The summed E-state index contributed by atoms with van der Waals surface area (Å²) in [7, 11) is 0. The van der Waals surface area contributed by atoms with Gasteiger partial charge in [0, 0.05) is 11.8 Å². The van der Waals surface area contributed by atoms with E-state index >= 15 is 0 Å². The second-order valence-corrected chi connectivity index (χ2v) is 3.85. The fraction of sp³-hybridized carbons (Fsp3) is 0.333. The number of hydrogen-bond acceptors (Lipinski definition) is 4. The zero-order chi connectivity index (χ0) is 13.7. The van der Waals surface area contributed by atoms with E-state index in [9.17, 15) is 9.59 Å². The van der Waals surface area contributed by atoms with Crippen molar-refractivity contribution in [3.05, 3.63) is 23.8 Å². The van der Waals surface area contributed by atoms with Crippen molar-refractivity contribution in [3.63, 3.8) is 0 Å². The summed E-state index contributed by atoms with van der Waals surface area (Å²) in [4.78, 5) is 22.2. The van der Waals surface area contributed by atoms with Gasteiger partial charge < -0.3 is 21.3 Å². The summed E-state index contributed by atoms with van der Waals surface area (Å²) in [5.41, 5.74) is 11.2. The van der Waals surface area contributed by atoms with E-state index < -0.39 is 18.0 Å². The summed E-state index contributed by atoms with van der Waals surface area (Å²) in [5, 5.41) is 8.99. The highest BCUT2D eigenvalue weighted by molar-refractivity contribution is 5.96. The van der Waals surface area contributed by atoms with E-state index in [2.05, 4.69) is 0 Å². The third kappa shape index (κ3) is 3.38. The fourth-order valence-corrected chi connectivity index (χ4v) is 1.49. The van der Waals surface area contributed by atoms with Gasteiger partial charge in [-0.2, -0.15) is 0 Å². The molecule has 0 saturated carbocycles. The zero-order valence-corrected chi connectivity index (χ0v) is 10.1. The molecule has 98 valence electrons. The largest absolute Gasteiger partial charge is 0.479 e. The van der Waals surface area contributed by atoms with Crippen LogP contribution >= 0.6 is 0 Å². The number of nitrogen functional groups attached to an aromatic ring is 1. The molecule has 5 N–H and O–H groups in total. The van der Waals surface area contributed by atoms with Gasteiger partial charge in [0.05, 0.1) is 5.56 Å². The van der Waals surface area contributed by atoms with Gasteiger partial charge in [-0.05, 0) is 18.6 Å². The van der Waals surface area contributed by atoms with Crippen LogP contribution in [-0.4, -0.2) is 23.1 Å². The SMILES string of the molecule is CCCC(Oc1cc(N)ccc1C(N)=O)C(=O)O. The third-order valence-corrected chi connectivity index (χ3v) is 2.37. The molecule has 0 bridgehead atoms. The molecular formula is C12H16N2O4. The summed E-state index contributed by atoms with van der Waals surface area (Å²) >= 11 is 0. The average Bonchev–Trinajstić information content (AvgIpc) is 2.28. The van der Waals surface area contributed by atoms with Crippen LogP contribution in [0, 0.1) is 0 Å². The van der Waals surface area contributed by atoms with Gasteiger partial charge in [0.1, 0.15) is 5.75 Å². The molecule has 18 heavy (non-hydrogen) atoms. The first-order valence-corrected chi connectivity index (χ1v) is 5.54. The number of ether oxygens (including phenoxy) is 1. The van der Waals surface area contributed by atoms with Gasteiger partial charge in [-0.1, -0.05) is 13.3 Å². The average molecular weight is 252 g/mol. The Bertz CT molecular complexity index is 459. The van der Waals surface area contributed by atoms with Gasteiger partial charge in [-0.15, -0.1) is 0 Å². The summed E-state index contributed by atoms with van der Waals surface area (Å²) in [6.45, 7) is 1.84. The standard InChI is InChI=1S/C12H16N2O4/c1-2-3-9(12(16)17)18-10-6-7(13)4-5-8(10)11(14)15/h4-6,9H,2-3,13H2,1H3,(H2,14,15)(H,16,17). The van der Waals surface area contributed by atoms with Gasteiger partial charge in [0.25, 0.3) is 5.91 Å². The van der Waals surface area contributed by atoms with Crippen LogP contribution in [0.25, 0.3) is 0 Å². The van der Waals surface area contributed by atoms with E-state index in [1.54, 1.807) is 0 Å². The van der Waals surface area contributed by atoms with E-state index in [1.807, 2.05) is 6.92 Å². The van der Waals surface area contributed by atoms with Crippen molar-refractivity contribution in [1.29, 1.82) is 0 Å². The maximum absolute atomic E-state index is 11.2. The molecule has 1 unspecified atom stereocenters. The molecule has 0 fully saturated rings. The number of rotatable bonds is 6. The van der Waals surface area contributed by atoms with Crippen LogP contribution in [0.3, 0.4) is 0 Å². The molecular weight excluding hydrogens is 236 g/mol. The van der Waals surface area contributed by atoms with E-state index in [4.69, 9.17) is 21.3 Å². The lowest BCUT2D eigenvalue weighted by molar-refractivity contribution is -0.145. The molecule has 0 aromatic heterocycles. The van der Waals surface area contributed by atoms with Crippen LogP contribution < -0.4 is 16.2 Å². The molecule has 0 saturated heterocycles. The van der Waals surface area contributed by atoms with Crippen LogP contribution in [0.5, 0.6) is 5.75 Å². The number of nitrogens with two attached hydrogens (primary N) is 2. The summed E-state index contributed by atoms with van der Waals surface area (Å²) in [5.74, 6) is -1.68. The Morgan fingerprint density at radius 1 is 1.44 bits per heavy atom. The molecule has 0 aliphatic carbocycles. The number of carbonyl (C=O) groups excluding carboxylic acids is 1. The van der Waals surface area contributed by atoms with E-state index in [-0.39, 0.29) is 11.3 Å². The summed E-state index contributed by atoms with van der Waals surface area (Å²) in [6, 6.07) is 4.31. The number of anilines is 1. The first kappa shape index (κ1) is 13.8. The predicted octanol–water partition coefficient (Wildman–Crippen LogP) is 1.000. The quantitative estimate of drug-likeness (QED) is 0.653. The summed E-state index contributed by atoms with van der Waals surface area (Å²) in [6.07, 6.45) is -0.0389. The Labute approximate surface area is 105 Å². The smallest absolute Gasteiger partial charge is 0.344 e. The molecule has 0 spiro atoms. The minimum atomic E-state index is -1.09. The number of benzene rings is 1. The number of carbonyl (C=O) groups is 2. The topological polar surface area (TPSA) is 116 Å². The molecule has 1 atom stereocenters. The van der Waals surface area contributed by atoms with Crippen molar-refractivity contribution in [2.45, 2.75) is 25.9 Å². The Morgan fingerprint density at radius 2 is 2.11 bits per heavy atom. The molecule has 0 heterocycles. The van der Waals surface area contributed by atoms with E-state index in [1.165, 1.54) is 18.2 Å². The second-order valence-electron chi connectivity index (χ2n) is 3.85. The molecule has 1 amide bonds. The number of carboxylic acid groups (broad SMARTS) is 1. The highest BCUT2D eigenvalue weighted by Gasteiger charge is 2.21. The Balaban J connectivity index is 3.03. The van der Waals surface area contributed by atoms with Gasteiger partial charge in [0.15, 0.2) is 6.10 Å². The van der Waals surface area contributed by atoms with Crippen LogP contribution in [0.15, 0.2) is 18.2 Å². The number of amides is 1. The van der Waals surface area contributed by atoms with Gasteiger partial charge >= 0.3 is 5.97 Å². The minimum Gasteiger partial charge on any atom is -0.479 e. The van der Waals surface area contributed by atoms with Crippen molar-refractivity contribution in [1.82, 2.24) is 0 Å². The lowest BCUT2D eigenvalue weighted by Crippen LogP contribution is -2.28. The molecule has 0 aliphatic rings. The molecule has 1 rings (SSSR count). The Kier molecular flexibility index (Phi) is 4.53. The Hall–Kier alpha value is -2.24. The number of hydrogen-bond donors (Lipinski definition) is 3. The maximum atomic E-state index is 11.2. The van der Waals surface area contributed by atoms with Crippen molar-refractivity contribution < 1.29 is 19.4 Å². The van der Waals surface area contributed by atoms with Crippen LogP contribution in [0.2, 0.25) is 0 Å². The summed E-state index contributed by atoms with van der Waals surface area (Å²) < 4.78 is 5.31. The highest BCUT2D eigenvalue weighted by atomic mass is 16.5. The highest BCUT2D eigenvalue weighted by Crippen LogP contribution is 2.23. The zero-order valence-electron chi connectivity index (χ0n) is 10.1. The maximum Gasteiger partial charge on any atom is 0.344 e. The third-order valence-electron chi connectivity index (χ3n) is 2.37. The van der Waals surface area contributed by atoms with E-state index in [0.29, 0.717) is 18.5 Å². The van der Waals surface area contributed by atoms with Gasteiger partial charge in [-0.3, -0.25) is 4.79 Å². The van der Waals surface area contributed by atoms with Crippen molar-refractivity contribution >= 4 is 17.6 Å². The van der Waals surface area contributed by atoms with Crippen LogP contribution in [0.1, 0.15) is 30.1 Å². The Morgan fingerprint density at radius 3 is 2.61 bits per heavy atom. The number of aliphatic carboxylic acids is 1. The molecule has 6 heteroatoms. The van der Waals surface area contributed by atoms with Gasteiger partial charge in [0.2, 0.25) is 0 Å². The predicted molar refractivity (Wildman–Crippen MR) is 66.3 cm³/mol. The van der Waals surface area contributed by atoms with Crippen molar-refractivity contribution in [2.75, 3.05) is 5.73 Å². The lowest BCUT2D eigenvalue weighted by atomic mass is 10.1. The molecule has 0 radical (unpaired) electrons. The minimum absolute atomic E-state index is 0.100. The molecule has 6 nitrogen and oxygen atoms in total. The first-order valence-electron chi connectivity index (χ1n) is 5.54. The number of carboxylic acids is 1. The van der Waals surface area contributed by atoms with E-state index in [0.717, 1.165) is 0 Å². The lowest BCUT2D eigenvalue weighted by Gasteiger charge is -2.16. The second kappa shape index (κ2) is 5.90. The molecule has 0 aliphatic heterocycles. The van der Waals surface area contributed by atoms with Crippen LogP contribution in [-0.2, 0) is 4.79 Å². The monoisotopic (exact) mass is 252 g/mol. The van der Waals surface area contributed by atoms with Crippen molar-refractivity contribution in [3.8, 4) is 5.75 Å². The molecule has 1 aromatic rings. The van der Waals surface area contributed by atoms with Gasteiger partial charge in [-0.25, -0.2) is 4.79 Å². The van der Waals surface area contributed by atoms with Crippen LogP contribution in [0.4, 0.5) is 5.69 Å². The molecule has 1 aromatic carbocycles. The number of primary amides is 1. The first-order chi connectivity index (χ1) is 8.45. The fourth-order valence-electron chi connectivity index (χ4n) is 1.49.